The lowest BCUT2D eigenvalue weighted by Gasteiger charge is -2.34. The molecule has 2 bridgehead atoms. The van der Waals surface area contributed by atoms with E-state index < -0.39 is 23.5 Å². The van der Waals surface area contributed by atoms with Gasteiger partial charge in [0, 0.05) is 12.0 Å². The molecule has 3 aliphatic rings. The fourth-order valence-corrected chi connectivity index (χ4v) is 6.86. The van der Waals surface area contributed by atoms with Crippen LogP contribution in [-0.4, -0.2) is 64.9 Å². The summed E-state index contributed by atoms with van der Waals surface area (Å²) in [5, 5.41) is 0. The lowest BCUT2D eigenvalue weighted by Crippen LogP contribution is -2.46. The number of rotatable bonds is 2. The highest BCUT2D eigenvalue weighted by atomic mass is 16.5. The van der Waals surface area contributed by atoms with Crippen LogP contribution >= 0.6 is 0 Å². The molecular weight excluding hydrogens is 534 g/mol. The number of carbonyl (C=O) groups is 3. The van der Waals surface area contributed by atoms with Crippen LogP contribution < -0.4 is 9.47 Å². The van der Waals surface area contributed by atoms with Gasteiger partial charge in [0.05, 0.1) is 43.1 Å². The van der Waals surface area contributed by atoms with Gasteiger partial charge in [-0.3, -0.25) is 9.59 Å². The van der Waals surface area contributed by atoms with Crippen LogP contribution in [0.3, 0.4) is 0 Å². The third-order valence-electron chi connectivity index (χ3n) is 9.53. The SMILES string of the molecule is COc1ccc2nc3c(nc2c1)O[C@H]1CN(C(=O)[C@H](C(C)(C)C)CC(=O)O[C@@H]2CCC[C@H]2CCCCC3)[C@H](C=O)[C@@H]1C. The maximum atomic E-state index is 14.1. The number of aldehydes is 1. The standard InChI is InChI=1S/C33H45N3O6/c1-20-27(19-37)36-18-29(20)42-31-25(34-24-15-14-22(40-5)16-26(24)35-31)12-8-6-7-10-21-11-9-13-28(21)41-30(38)17-23(32(36)39)33(2,3)4/h14-16,19-21,23,27-29H,6-13,17-18H2,1-5H3/t20-,21+,23+,27+,28+,29-/m0/s1. The van der Waals surface area contributed by atoms with Gasteiger partial charge < -0.3 is 23.9 Å². The number of methoxy groups -OCH3 is 1. The van der Waals surface area contributed by atoms with Gasteiger partial charge >= 0.3 is 5.97 Å². The second-order valence-corrected chi connectivity index (χ2v) is 13.4. The second kappa shape index (κ2) is 12.6. The highest BCUT2D eigenvalue weighted by Crippen LogP contribution is 2.38. The van der Waals surface area contributed by atoms with Crippen molar-refractivity contribution >= 4 is 29.2 Å². The number of carbonyl (C=O) groups excluding carboxylic acids is 3. The maximum absolute atomic E-state index is 14.1. The first-order valence-electron chi connectivity index (χ1n) is 15.6. The van der Waals surface area contributed by atoms with Gasteiger partial charge in [-0.25, -0.2) is 9.97 Å². The minimum absolute atomic E-state index is 0.00430. The van der Waals surface area contributed by atoms with E-state index in [1.165, 1.54) is 0 Å². The van der Waals surface area contributed by atoms with Crippen molar-refractivity contribution in [2.24, 2.45) is 23.2 Å². The summed E-state index contributed by atoms with van der Waals surface area (Å²) < 4.78 is 18.0. The first-order chi connectivity index (χ1) is 20.1. The normalized spacial score (nSPS) is 29.6. The lowest BCUT2D eigenvalue weighted by atomic mass is 9.77. The van der Waals surface area contributed by atoms with Crippen molar-refractivity contribution in [3.63, 3.8) is 0 Å². The van der Waals surface area contributed by atoms with E-state index in [-0.39, 0.29) is 36.9 Å². The molecule has 228 valence electrons. The Bertz CT molecular complexity index is 1310. The third-order valence-corrected chi connectivity index (χ3v) is 9.53. The van der Waals surface area contributed by atoms with Gasteiger partial charge in [0.25, 0.3) is 0 Å². The molecule has 0 N–H and O–H groups in total. The van der Waals surface area contributed by atoms with Crippen LogP contribution in [0.25, 0.3) is 11.0 Å². The van der Waals surface area contributed by atoms with E-state index in [1.807, 2.05) is 45.9 Å². The fraction of sp³-hybridized carbons (Fsp3) is 0.667. The second-order valence-electron chi connectivity index (χ2n) is 13.4. The molecular formula is C33H45N3O6. The highest BCUT2D eigenvalue weighted by molar-refractivity contribution is 5.87. The number of nitrogens with zero attached hydrogens (tertiary/aromatic N) is 3. The topological polar surface area (TPSA) is 108 Å². The van der Waals surface area contributed by atoms with E-state index in [4.69, 9.17) is 24.2 Å². The van der Waals surface area contributed by atoms with Crippen molar-refractivity contribution in [2.75, 3.05) is 13.7 Å². The molecule has 6 atom stereocenters. The van der Waals surface area contributed by atoms with Crippen molar-refractivity contribution in [1.29, 1.82) is 0 Å². The lowest BCUT2D eigenvalue weighted by molar-refractivity contribution is -0.157. The monoisotopic (exact) mass is 579 g/mol. The molecule has 1 saturated carbocycles. The van der Waals surface area contributed by atoms with Crippen molar-refractivity contribution in [3.8, 4) is 11.6 Å². The number of fused-ring (bicyclic) bond motifs is 5. The zero-order chi connectivity index (χ0) is 30.0. The van der Waals surface area contributed by atoms with Gasteiger partial charge in [-0.2, -0.15) is 0 Å². The molecule has 3 heterocycles. The van der Waals surface area contributed by atoms with Crippen molar-refractivity contribution in [2.45, 2.75) is 104 Å². The summed E-state index contributed by atoms with van der Waals surface area (Å²) in [6.45, 7) is 8.04. The van der Waals surface area contributed by atoms with Crippen LogP contribution in [0.4, 0.5) is 0 Å². The van der Waals surface area contributed by atoms with E-state index in [0.29, 0.717) is 29.5 Å². The predicted octanol–water partition coefficient (Wildman–Crippen LogP) is 5.31. The Morgan fingerprint density at radius 2 is 1.76 bits per heavy atom. The van der Waals surface area contributed by atoms with E-state index in [9.17, 15) is 14.4 Å². The number of hydrogen-bond donors (Lipinski definition) is 0. The molecule has 2 fully saturated rings. The summed E-state index contributed by atoms with van der Waals surface area (Å²) in [6.07, 6.45) is 8.00. The minimum atomic E-state index is -0.665. The fourth-order valence-electron chi connectivity index (χ4n) is 6.86. The smallest absolute Gasteiger partial charge is 0.306 e. The summed E-state index contributed by atoms with van der Waals surface area (Å²) >= 11 is 0. The molecule has 9 nitrogen and oxygen atoms in total. The van der Waals surface area contributed by atoms with Crippen LogP contribution in [0.5, 0.6) is 11.6 Å². The van der Waals surface area contributed by atoms with Crippen molar-refractivity contribution in [3.05, 3.63) is 23.9 Å². The largest absolute Gasteiger partial charge is 0.497 e. The van der Waals surface area contributed by atoms with E-state index in [2.05, 4.69) is 0 Å². The average Bonchev–Trinajstić information content (AvgIpc) is 3.52. The molecule has 1 aliphatic carbocycles. The Morgan fingerprint density at radius 1 is 0.976 bits per heavy atom. The van der Waals surface area contributed by atoms with Crippen LogP contribution in [0, 0.1) is 23.2 Å². The van der Waals surface area contributed by atoms with Crippen LogP contribution in [-0.2, 0) is 25.5 Å². The summed E-state index contributed by atoms with van der Waals surface area (Å²) in [5.41, 5.74) is 1.72. The predicted molar refractivity (Wildman–Crippen MR) is 158 cm³/mol. The minimum Gasteiger partial charge on any atom is -0.497 e. The molecule has 0 radical (unpaired) electrons. The van der Waals surface area contributed by atoms with Crippen LogP contribution in [0.1, 0.15) is 84.8 Å². The van der Waals surface area contributed by atoms with Crippen LogP contribution in [0.15, 0.2) is 18.2 Å². The Kier molecular flexibility index (Phi) is 9.04. The quantitative estimate of drug-likeness (QED) is 0.348. The van der Waals surface area contributed by atoms with Gasteiger partial charge in [0.1, 0.15) is 29.9 Å². The number of aryl methyl sites for hydroxylation is 1. The zero-order valence-electron chi connectivity index (χ0n) is 25.6. The molecule has 42 heavy (non-hydrogen) atoms. The summed E-state index contributed by atoms with van der Waals surface area (Å²) in [6, 6.07) is 4.95. The molecule has 1 amide bonds. The first kappa shape index (κ1) is 30.2. The molecule has 0 spiro atoms. The van der Waals surface area contributed by atoms with Gasteiger partial charge in [-0.05, 0) is 62.0 Å². The molecule has 2 aliphatic heterocycles. The Morgan fingerprint density at radius 3 is 2.50 bits per heavy atom. The summed E-state index contributed by atoms with van der Waals surface area (Å²) in [7, 11) is 1.61. The molecule has 1 aromatic carbocycles. The number of hydrogen-bond acceptors (Lipinski definition) is 8. The molecule has 1 aromatic heterocycles. The molecule has 0 unspecified atom stereocenters. The van der Waals surface area contributed by atoms with E-state index in [1.54, 1.807) is 12.0 Å². The van der Waals surface area contributed by atoms with Gasteiger partial charge in [-0.1, -0.05) is 40.5 Å². The molecule has 2 aromatic rings. The van der Waals surface area contributed by atoms with E-state index in [0.717, 1.165) is 62.4 Å². The third kappa shape index (κ3) is 6.40. The van der Waals surface area contributed by atoms with Gasteiger partial charge in [-0.15, -0.1) is 0 Å². The molecule has 1 saturated heterocycles. The number of amides is 1. The highest BCUT2D eigenvalue weighted by Gasteiger charge is 2.47. The summed E-state index contributed by atoms with van der Waals surface area (Å²) in [5.74, 6) is 0.0475. The van der Waals surface area contributed by atoms with Crippen molar-refractivity contribution < 1.29 is 28.6 Å². The number of benzene rings is 1. The number of ether oxygens (including phenoxy) is 3. The van der Waals surface area contributed by atoms with Gasteiger partial charge in [0.15, 0.2) is 0 Å². The Balaban J connectivity index is 1.50. The number of esters is 1. The Hall–Kier alpha value is -3.23. The summed E-state index contributed by atoms with van der Waals surface area (Å²) in [4.78, 5) is 51.1. The first-order valence-corrected chi connectivity index (χ1v) is 15.6. The number of aromatic nitrogens is 2. The van der Waals surface area contributed by atoms with E-state index >= 15 is 0 Å². The van der Waals surface area contributed by atoms with Crippen molar-refractivity contribution in [1.82, 2.24) is 14.9 Å². The average molecular weight is 580 g/mol. The van der Waals surface area contributed by atoms with Gasteiger partial charge in [0.2, 0.25) is 11.8 Å². The zero-order valence-corrected chi connectivity index (χ0v) is 25.6. The molecule has 9 heteroatoms. The molecule has 5 rings (SSSR count). The maximum Gasteiger partial charge on any atom is 0.306 e. The van der Waals surface area contributed by atoms with Crippen LogP contribution in [0.2, 0.25) is 0 Å². The Labute approximate surface area is 248 Å².